The Balaban J connectivity index is 1.50. The highest BCUT2D eigenvalue weighted by Crippen LogP contribution is 2.22. The summed E-state index contributed by atoms with van der Waals surface area (Å²) in [5.41, 5.74) is 6.24. The molecule has 0 bridgehead atoms. The Hall–Kier alpha value is -3.20. The summed E-state index contributed by atoms with van der Waals surface area (Å²) < 4.78 is 6.17. The van der Waals surface area contributed by atoms with Gasteiger partial charge in [-0.05, 0) is 34.6 Å². The SMILES string of the molecule is CC(C)(C)c1ccc(C(=O)NNC(=O)CCn2nc(-c3cccs3)oc2=O)cc1. The number of nitrogens with one attached hydrogen (secondary N) is 2. The first-order chi connectivity index (χ1) is 13.7. The zero-order chi connectivity index (χ0) is 21.0. The van der Waals surface area contributed by atoms with E-state index in [9.17, 15) is 14.4 Å². The zero-order valence-electron chi connectivity index (χ0n) is 16.4. The highest BCUT2D eigenvalue weighted by molar-refractivity contribution is 7.13. The van der Waals surface area contributed by atoms with Crippen molar-refractivity contribution >= 4 is 23.2 Å². The quantitative estimate of drug-likeness (QED) is 0.625. The van der Waals surface area contributed by atoms with Gasteiger partial charge in [-0.1, -0.05) is 39.0 Å². The lowest BCUT2D eigenvalue weighted by Crippen LogP contribution is -2.42. The average Bonchev–Trinajstić information content (AvgIpc) is 3.33. The summed E-state index contributed by atoms with van der Waals surface area (Å²) in [5.74, 6) is -1.28. The molecule has 0 fully saturated rings. The molecule has 0 aliphatic rings. The molecule has 3 aromatic rings. The maximum Gasteiger partial charge on any atom is 0.437 e. The van der Waals surface area contributed by atoms with Crippen LogP contribution >= 0.6 is 11.3 Å². The number of rotatable bonds is 5. The van der Waals surface area contributed by atoms with Crippen molar-refractivity contribution in [1.82, 2.24) is 20.6 Å². The van der Waals surface area contributed by atoms with E-state index in [1.165, 1.54) is 11.3 Å². The van der Waals surface area contributed by atoms with E-state index in [1.54, 1.807) is 18.2 Å². The zero-order valence-corrected chi connectivity index (χ0v) is 17.2. The molecule has 0 saturated heterocycles. The van der Waals surface area contributed by atoms with Gasteiger partial charge in [-0.15, -0.1) is 16.4 Å². The van der Waals surface area contributed by atoms with Crippen molar-refractivity contribution in [2.24, 2.45) is 0 Å². The van der Waals surface area contributed by atoms with Crippen LogP contribution in [0.3, 0.4) is 0 Å². The number of amides is 2. The van der Waals surface area contributed by atoms with Gasteiger partial charge in [-0.25, -0.2) is 4.79 Å². The first-order valence-corrected chi connectivity index (χ1v) is 9.93. The second-order valence-corrected chi connectivity index (χ2v) is 8.40. The van der Waals surface area contributed by atoms with E-state index in [2.05, 4.69) is 36.7 Å². The number of nitrogens with zero attached hydrogens (tertiary/aromatic N) is 2. The van der Waals surface area contributed by atoms with E-state index >= 15 is 0 Å². The van der Waals surface area contributed by atoms with Gasteiger partial charge in [0.05, 0.1) is 11.4 Å². The normalized spacial score (nSPS) is 11.3. The molecule has 2 N–H and O–H groups in total. The van der Waals surface area contributed by atoms with Gasteiger partial charge >= 0.3 is 5.76 Å². The Morgan fingerprint density at radius 1 is 1.14 bits per heavy atom. The van der Waals surface area contributed by atoms with Gasteiger partial charge in [0.15, 0.2) is 0 Å². The maximum atomic E-state index is 12.2. The van der Waals surface area contributed by atoms with Crippen LogP contribution in [0.1, 0.15) is 43.1 Å². The van der Waals surface area contributed by atoms with E-state index in [4.69, 9.17) is 4.42 Å². The largest absolute Gasteiger partial charge is 0.437 e. The fourth-order valence-corrected chi connectivity index (χ4v) is 3.18. The monoisotopic (exact) mass is 414 g/mol. The van der Waals surface area contributed by atoms with Crippen molar-refractivity contribution in [3.05, 3.63) is 63.5 Å². The Bertz CT molecular complexity index is 1040. The number of thiophene rings is 1. The smallest absolute Gasteiger partial charge is 0.387 e. The Morgan fingerprint density at radius 3 is 2.48 bits per heavy atom. The Labute approximate surface area is 171 Å². The average molecular weight is 414 g/mol. The number of hydrazine groups is 1. The second-order valence-electron chi connectivity index (χ2n) is 7.45. The minimum absolute atomic E-state index is 0.00814. The van der Waals surface area contributed by atoms with Crippen molar-refractivity contribution in [2.75, 3.05) is 0 Å². The van der Waals surface area contributed by atoms with Crippen molar-refractivity contribution in [3.63, 3.8) is 0 Å². The lowest BCUT2D eigenvalue weighted by molar-refractivity contribution is -0.122. The molecule has 8 nitrogen and oxygen atoms in total. The fraction of sp³-hybridized carbons (Fsp3) is 0.300. The molecule has 0 spiro atoms. The van der Waals surface area contributed by atoms with Gasteiger partial charge in [0, 0.05) is 12.0 Å². The standard InChI is InChI=1S/C20H22N4O4S/c1-20(2,3)14-8-6-13(7-9-14)17(26)22-21-16(25)10-11-24-19(27)28-18(23-24)15-5-4-12-29-15/h4-9,12H,10-11H2,1-3H3,(H,21,25)(H,22,26). The predicted molar refractivity (Wildman–Crippen MR) is 109 cm³/mol. The molecule has 0 aliphatic heterocycles. The van der Waals surface area contributed by atoms with E-state index in [-0.39, 0.29) is 24.3 Å². The summed E-state index contributed by atoms with van der Waals surface area (Å²) in [6.07, 6.45) is -0.0421. The maximum absolute atomic E-state index is 12.2. The summed E-state index contributed by atoms with van der Waals surface area (Å²) >= 11 is 1.40. The number of aromatic nitrogens is 2. The summed E-state index contributed by atoms with van der Waals surface area (Å²) in [5, 5.41) is 5.92. The van der Waals surface area contributed by atoms with Gasteiger partial charge in [0.1, 0.15) is 0 Å². The van der Waals surface area contributed by atoms with Crippen LogP contribution in [-0.4, -0.2) is 21.6 Å². The number of hydrogen-bond acceptors (Lipinski definition) is 6. The third-order valence-electron chi connectivity index (χ3n) is 4.22. The van der Waals surface area contributed by atoms with Crippen LogP contribution in [0.15, 0.2) is 51.0 Å². The molecule has 9 heteroatoms. The van der Waals surface area contributed by atoms with Gasteiger partial charge in [0.25, 0.3) is 11.8 Å². The minimum Gasteiger partial charge on any atom is -0.387 e. The molecule has 2 amide bonds. The van der Waals surface area contributed by atoms with Gasteiger partial charge in [-0.3, -0.25) is 20.4 Å². The van der Waals surface area contributed by atoms with Crippen LogP contribution < -0.4 is 16.6 Å². The van der Waals surface area contributed by atoms with E-state index in [1.807, 2.05) is 23.6 Å². The molecule has 0 atom stereocenters. The van der Waals surface area contributed by atoms with E-state index < -0.39 is 17.6 Å². The predicted octanol–water partition coefficient (Wildman–Crippen LogP) is 2.71. The third kappa shape index (κ3) is 5.20. The highest BCUT2D eigenvalue weighted by atomic mass is 32.1. The van der Waals surface area contributed by atoms with Crippen LogP contribution in [0.2, 0.25) is 0 Å². The van der Waals surface area contributed by atoms with E-state index in [0.717, 1.165) is 15.1 Å². The summed E-state index contributed by atoms with van der Waals surface area (Å²) in [6.45, 7) is 6.30. The molecular weight excluding hydrogens is 392 g/mol. The number of hydrogen-bond donors (Lipinski definition) is 2. The molecule has 3 rings (SSSR count). The lowest BCUT2D eigenvalue weighted by Gasteiger charge is -2.19. The van der Waals surface area contributed by atoms with Crippen LogP contribution in [0.4, 0.5) is 0 Å². The topological polar surface area (TPSA) is 106 Å². The van der Waals surface area contributed by atoms with Crippen LogP contribution in [0, 0.1) is 0 Å². The number of benzene rings is 1. The van der Waals surface area contributed by atoms with Gasteiger partial charge in [0.2, 0.25) is 5.91 Å². The molecule has 0 unspecified atom stereocenters. The van der Waals surface area contributed by atoms with Crippen molar-refractivity contribution in [1.29, 1.82) is 0 Å². The molecule has 29 heavy (non-hydrogen) atoms. The molecule has 152 valence electrons. The summed E-state index contributed by atoms with van der Waals surface area (Å²) in [6, 6.07) is 10.8. The molecule has 1 aromatic carbocycles. The van der Waals surface area contributed by atoms with Crippen molar-refractivity contribution < 1.29 is 14.0 Å². The van der Waals surface area contributed by atoms with Crippen molar-refractivity contribution in [2.45, 2.75) is 39.2 Å². The summed E-state index contributed by atoms with van der Waals surface area (Å²) in [4.78, 5) is 36.7. The lowest BCUT2D eigenvalue weighted by atomic mass is 9.87. The summed E-state index contributed by atoms with van der Waals surface area (Å²) in [7, 11) is 0. The highest BCUT2D eigenvalue weighted by Gasteiger charge is 2.15. The fourth-order valence-electron chi connectivity index (χ4n) is 2.54. The van der Waals surface area contributed by atoms with E-state index in [0.29, 0.717) is 5.56 Å². The van der Waals surface area contributed by atoms with Crippen LogP contribution in [0.5, 0.6) is 0 Å². The molecule has 0 aliphatic carbocycles. The van der Waals surface area contributed by atoms with Gasteiger partial charge in [-0.2, -0.15) is 4.68 Å². The van der Waals surface area contributed by atoms with Crippen molar-refractivity contribution in [3.8, 4) is 10.8 Å². The molecule has 0 saturated carbocycles. The van der Waals surface area contributed by atoms with Crippen LogP contribution in [0.25, 0.3) is 10.8 Å². The second kappa shape index (κ2) is 8.44. The first-order valence-electron chi connectivity index (χ1n) is 9.05. The van der Waals surface area contributed by atoms with Gasteiger partial charge < -0.3 is 4.42 Å². The molecule has 2 heterocycles. The number of carbonyl (C=O) groups is 2. The first kappa shape index (κ1) is 20.5. The third-order valence-corrected chi connectivity index (χ3v) is 5.08. The molecule has 2 aromatic heterocycles. The Morgan fingerprint density at radius 2 is 1.86 bits per heavy atom. The minimum atomic E-state index is -0.635. The molecule has 0 radical (unpaired) electrons. The number of carbonyl (C=O) groups excluding carboxylic acids is 2. The molecular formula is C20H22N4O4S. The van der Waals surface area contributed by atoms with Crippen LogP contribution in [-0.2, 0) is 16.8 Å². The number of aryl methyl sites for hydroxylation is 1. The Kier molecular flexibility index (Phi) is 5.97.